The van der Waals surface area contributed by atoms with Gasteiger partial charge in [-0.25, -0.2) is 4.39 Å². The van der Waals surface area contributed by atoms with Crippen LogP contribution in [0.15, 0.2) is 60.7 Å². The van der Waals surface area contributed by atoms with Crippen LogP contribution in [0.1, 0.15) is 87.7 Å². The Morgan fingerprint density at radius 3 is 2.07 bits per heavy atom. The first-order valence-electron chi connectivity index (χ1n) is 15.0. The lowest BCUT2D eigenvalue weighted by atomic mass is 9.85. The molecule has 3 unspecified atom stereocenters. The Labute approximate surface area is 243 Å². The van der Waals surface area contributed by atoms with Gasteiger partial charge in [-0.1, -0.05) is 38.1 Å². The monoisotopic (exact) mass is 560 g/mol. The van der Waals surface area contributed by atoms with Gasteiger partial charge in [-0.3, -0.25) is 0 Å². The number of ether oxygens (including phenoxy) is 5. The molecule has 2 fully saturated rings. The highest BCUT2D eigenvalue weighted by atomic mass is 19.1. The molecule has 0 bridgehead atoms. The Bertz CT molecular complexity index is 1350. The average molecular weight is 561 g/mol. The van der Waals surface area contributed by atoms with Crippen LogP contribution in [0.25, 0.3) is 11.1 Å². The number of benzene rings is 3. The molecule has 6 rings (SSSR count). The summed E-state index contributed by atoms with van der Waals surface area (Å²) in [5.41, 5.74) is 5.10. The molecule has 41 heavy (non-hydrogen) atoms. The predicted molar refractivity (Wildman–Crippen MR) is 160 cm³/mol. The Morgan fingerprint density at radius 2 is 1.44 bits per heavy atom. The van der Waals surface area contributed by atoms with E-state index in [4.69, 9.17) is 23.7 Å². The molecule has 3 heterocycles. The van der Waals surface area contributed by atoms with E-state index in [-0.39, 0.29) is 18.4 Å². The lowest BCUT2D eigenvalue weighted by Crippen LogP contribution is -2.25. The normalized spacial score (nSPS) is 22.1. The molecule has 0 saturated carbocycles. The van der Waals surface area contributed by atoms with E-state index >= 15 is 4.39 Å². The van der Waals surface area contributed by atoms with Gasteiger partial charge >= 0.3 is 0 Å². The maximum absolute atomic E-state index is 15.4. The molecule has 0 aromatic heterocycles. The summed E-state index contributed by atoms with van der Waals surface area (Å²) in [6.45, 7) is 9.38. The number of rotatable bonds is 6. The maximum atomic E-state index is 15.4. The third-order valence-corrected chi connectivity index (χ3v) is 7.66. The number of halogens is 1. The van der Waals surface area contributed by atoms with Gasteiger partial charge in [0.25, 0.3) is 0 Å². The lowest BCUT2D eigenvalue weighted by molar-refractivity contribution is -0.106. The van der Waals surface area contributed by atoms with E-state index in [2.05, 4.69) is 6.92 Å². The SMILES string of the molecule is CC.CC1=C(c2cccc(OC3CCCCO3)c2)C(c2ccc(C)cc2F)Oc2ccc(OC3CCCCO3)cc21. The van der Waals surface area contributed by atoms with Crippen LogP contribution in [0.3, 0.4) is 0 Å². The van der Waals surface area contributed by atoms with Crippen molar-refractivity contribution in [3.05, 3.63) is 88.7 Å². The van der Waals surface area contributed by atoms with Gasteiger partial charge in [-0.15, -0.1) is 0 Å². The topological polar surface area (TPSA) is 46.2 Å². The zero-order valence-corrected chi connectivity index (χ0v) is 24.6. The molecule has 0 amide bonds. The van der Waals surface area contributed by atoms with Gasteiger partial charge in [0.05, 0.1) is 13.2 Å². The third kappa shape index (κ3) is 6.77. The summed E-state index contributed by atoms with van der Waals surface area (Å²) in [5.74, 6) is 1.86. The van der Waals surface area contributed by atoms with E-state index in [0.29, 0.717) is 17.9 Å². The third-order valence-electron chi connectivity index (χ3n) is 7.66. The van der Waals surface area contributed by atoms with Crippen molar-refractivity contribution in [3.8, 4) is 17.2 Å². The molecule has 0 radical (unpaired) electrons. The first-order chi connectivity index (χ1) is 20.0. The van der Waals surface area contributed by atoms with E-state index in [0.717, 1.165) is 84.5 Å². The minimum Gasteiger partial charge on any atom is -0.480 e. The molecule has 3 aromatic rings. The van der Waals surface area contributed by atoms with E-state index in [1.54, 1.807) is 6.07 Å². The molecular formula is C35H41FO5. The summed E-state index contributed by atoms with van der Waals surface area (Å²) in [7, 11) is 0. The average Bonchev–Trinajstić information content (AvgIpc) is 3.00. The number of hydrogen-bond donors (Lipinski definition) is 0. The minimum absolute atomic E-state index is 0.240. The van der Waals surface area contributed by atoms with Gasteiger partial charge in [0.15, 0.2) is 18.7 Å². The number of allylic oxidation sites excluding steroid dienone is 1. The summed E-state index contributed by atoms with van der Waals surface area (Å²) in [5, 5.41) is 0. The molecule has 2 saturated heterocycles. The van der Waals surface area contributed by atoms with Crippen LogP contribution in [-0.4, -0.2) is 25.8 Å². The molecule has 6 heteroatoms. The van der Waals surface area contributed by atoms with Gasteiger partial charge in [0.1, 0.15) is 23.1 Å². The quantitative estimate of drug-likeness (QED) is 0.301. The van der Waals surface area contributed by atoms with Gasteiger partial charge in [0.2, 0.25) is 0 Å². The minimum atomic E-state index is -0.618. The predicted octanol–water partition coefficient (Wildman–Crippen LogP) is 9.04. The molecule has 0 spiro atoms. The van der Waals surface area contributed by atoms with Crippen molar-refractivity contribution in [3.63, 3.8) is 0 Å². The van der Waals surface area contributed by atoms with Crippen LogP contribution in [0.4, 0.5) is 4.39 Å². The molecule has 3 aliphatic heterocycles. The molecule has 3 atom stereocenters. The van der Waals surface area contributed by atoms with Gasteiger partial charge < -0.3 is 23.7 Å². The Balaban J connectivity index is 0.00000165. The number of aryl methyl sites for hydroxylation is 1. The van der Waals surface area contributed by atoms with Crippen molar-refractivity contribution in [2.45, 2.75) is 84.9 Å². The first-order valence-corrected chi connectivity index (χ1v) is 15.0. The number of fused-ring (bicyclic) bond motifs is 1. The summed E-state index contributed by atoms with van der Waals surface area (Å²) in [6, 6.07) is 19.0. The van der Waals surface area contributed by atoms with Crippen LogP contribution < -0.4 is 14.2 Å². The van der Waals surface area contributed by atoms with E-state index in [1.165, 1.54) is 0 Å². The molecule has 218 valence electrons. The Morgan fingerprint density at radius 1 is 0.756 bits per heavy atom. The highest BCUT2D eigenvalue weighted by Gasteiger charge is 2.32. The van der Waals surface area contributed by atoms with Crippen LogP contribution >= 0.6 is 0 Å². The summed E-state index contributed by atoms with van der Waals surface area (Å²) >= 11 is 0. The molecule has 0 N–H and O–H groups in total. The van der Waals surface area contributed by atoms with Crippen LogP contribution in [0.5, 0.6) is 17.2 Å². The van der Waals surface area contributed by atoms with Gasteiger partial charge in [0, 0.05) is 29.5 Å². The van der Waals surface area contributed by atoms with Crippen LogP contribution in [-0.2, 0) is 9.47 Å². The zero-order valence-electron chi connectivity index (χ0n) is 24.6. The summed E-state index contributed by atoms with van der Waals surface area (Å²) in [4.78, 5) is 0. The molecule has 3 aliphatic rings. The van der Waals surface area contributed by atoms with Crippen molar-refractivity contribution in [1.29, 1.82) is 0 Å². The number of hydrogen-bond acceptors (Lipinski definition) is 5. The molecule has 5 nitrogen and oxygen atoms in total. The van der Waals surface area contributed by atoms with E-state index in [9.17, 15) is 0 Å². The smallest absolute Gasteiger partial charge is 0.199 e. The van der Waals surface area contributed by atoms with Crippen LogP contribution in [0.2, 0.25) is 0 Å². The van der Waals surface area contributed by atoms with Crippen molar-refractivity contribution in [2.75, 3.05) is 13.2 Å². The largest absolute Gasteiger partial charge is 0.480 e. The molecule has 0 aliphatic carbocycles. The van der Waals surface area contributed by atoms with Gasteiger partial charge in [-0.2, -0.15) is 0 Å². The van der Waals surface area contributed by atoms with Crippen LogP contribution in [0, 0.1) is 12.7 Å². The van der Waals surface area contributed by atoms with Gasteiger partial charge in [-0.05, 0) is 92.6 Å². The van der Waals surface area contributed by atoms with E-state index in [1.807, 2.05) is 75.4 Å². The summed E-state index contributed by atoms with van der Waals surface area (Å²) < 4.78 is 45.8. The molecule has 3 aromatic carbocycles. The van der Waals surface area contributed by atoms with E-state index < -0.39 is 6.10 Å². The fraction of sp³-hybridized carbons (Fsp3) is 0.429. The maximum Gasteiger partial charge on any atom is 0.199 e. The van der Waals surface area contributed by atoms with Crippen molar-refractivity contribution in [2.24, 2.45) is 0 Å². The fourth-order valence-corrected chi connectivity index (χ4v) is 5.59. The second kappa shape index (κ2) is 13.5. The highest BCUT2D eigenvalue weighted by molar-refractivity contribution is 5.96. The van der Waals surface area contributed by atoms with Crippen molar-refractivity contribution >= 4 is 11.1 Å². The standard InChI is InChI=1S/C33H35FO5.C2H6/c1-21-12-14-26(28(34)18-21)33-32(23-8-7-9-24(19-23)37-30-10-3-5-16-35-30)22(2)27-20-25(13-15-29(27)39-33)38-31-11-4-6-17-36-31;1-2/h7-9,12-15,18-20,30-31,33H,3-6,10-11,16-17H2,1-2H3;1-2H3. The Kier molecular flexibility index (Phi) is 9.63. The second-order valence-electron chi connectivity index (χ2n) is 10.6. The lowest BCUT2D eigenvalue weighted by Gasteiger charge is -2.32. The summed E-state index contributed by atoms with van der Waals surface area (Å²) in [6.07, 6.45) is 4.94. The van der Waals surface area contributed by atoms with Crippen molar-refractivity contribution < 1.29 is 28.1 Å². The fourth-order valence-electron chi connectivity index (χ4n) is 5.59. The Hall–Kier alpha value is -3.35. The second-order valence-corrected chi connectivity index (χ2v) is 10.6. The highest BCUT2D eigenvalue weighted by Crippen LogP contribution is 2.48. The van der Waals surface area contributed by atoms with Crippen molar-refractivity contribution in [1.82, 2.24) is 0 Å². The zero-order chi connectivity index (χ0) is 28.8. The first kappa shape index (κ1) is 29.2. The molecular weight excluding hydrogens is 519 g/mol.